The van der Waals surface area contributed by atoms with Crippen molar-refractivity contribution in [1.29, 1.82) is 0 Å². The smallest absolute Gasteiger partial charge is 0.00297 e. The Hall–Kier alpha value is -0.960. The highest BCUT2D eigenvalue weighted by molar-refractivity contribution is 4.73. The highest BCUT2D eigenvalue weighted by Crippen LogP contribution is 1.21. The number of hydrogen-bond acceptors (Lipinski definition) is 0. The van der Waals surface area contributed by atoms with Gasteiger partial charge in [-0.15, -0.1) is 38.7 Å². The molecule has 0 aliphatic rings. The lowest BCUT2D eigenvalue weighted by molar-refractivity contribution is 1.50. The maximum absolute atomic E-state index is 4.60. The molecule has 0 heteroatoms. The molecule has 0 radical (unpaired) electrons. The van der Waals surface area contributed by atoms with Gasteiger partial charge in [0.1, 0.15) is 0 Å². The fraction of sp³-hybridized carbons (Fsp3) is 0.455. The fourth-order valence-electron chi connectivity index (χ4n) is 0. The molecular formula is C11H24. The van der Waals surface area contributed by atoms with E-state index in [1.54, 1.807) is 6.92 Å². The first-order valence-corrected chi connectivity index (χ1v) is 3.79. The molecule has 11 heavy (non-hydrogen) atoms. The second-order valence-corrected chi connectivity index (χ2v) is 0.289. The molecule has 0 aromatic rings. The van der Waals surface area contributed by atoms with E-state index in [4.69, 9.17) is 0 Å². The van der Waals surface area contributed by atoms with Gasteiger partial charge in [-0.1, -0.05) is 27.7 Å². The van der Waals surface area contributed by atoms with Gasteiger partial charge < -0.3 is 0 Å². The minimum atomic E-state index is 1.65. The molecule has 0 spiro atoms. The summed E-state index contributed by atoms with van der Waals surface area (Å²) >= 11 is 0. The first-order chi connectivity index (χ1) is 5.41. The summed E-state index contributed by atoms with van der Waals surface area (Å²) in [7, 11) is 0. The van der Waals surface area contributed by atoms with Crippen molar-refractivity contribution in [3.05, 3.63) is 26.3 Å². The Labute approximate surface area is 74.0 Å². The van der Waals surface area contributed by atoms with Gasteiger partial charge >= 0.3 is 0 Å². The molecule has 0 heterocycles. The maximum Gasteiger partial charge on any atom is -0.00297 e. The Bertz CT molecular complexity index is 36.5. The first-order valence-electron chi connectivity index (χ1n) is 3.79. The monoisotopic (exact) mass is 156 g/mol. The van der Waals surface area contributed by atoms with Crippen molar-refractivity contribution in [2.45, 2.75) is 34.6 Å². The summed E-state index contributed by atoms with van der Waals surface area (Å²) < 4.78 is 0. The van der Waals surface area contributed by atoms with Gasteiger partial charge in [-0.3, -0.25) is 0 Å². The standard InChI is InChI=1S/C3H4.2C2H6.2C2H4/c1-3-2;4*1-2/h1H,2H3;2*1-2H3;2*1-2H2. The van der Waals surface area contributed by atoms with Crippen molar-refractivity contribution in [3.63, 3.8) is 0 Å². The van der Waals surface area contributed by atoms with Crippen molar-refractivity contribution in [2.24, 2.45) is 0 Å². The van der Waals surface area contributed by atoms with Crippen LogP contribution in [-0.4, -0.2) is 0 Å². The van der Waals surface area contributed by atoms with Gasteiger partial charge in [-0.05, 0) is 6.92 Å². The largest absolute Gasteiger partial charge is 0.120 e. The van der Waals surface area contributed by atoms with Gasteiger partial charge in [-0.25, -0.2) is 0 Å². The zero-order valence-electron chi connectivity index (χ0n) is 8.91. The Morgan fingerprint density at radius 3 is 0.818 bits per heavy atom. The van der Waals surface area contributed by atoms with Crippen LogP contribution in [0.15, 0.2) is 26.3 Å². The fourth-order valence-corrected chi connectivity index (χ4v) is 0. The molecule has 0 atom stereocenters. The van der Waals surface area contributed by atoms with Crippen LogP contribution in [0.2, 0.25) is 0 Å². The molecule has 0 rings (SSSR count). The van der Waals surface area contributed by atoms with Crippen LogP contribution >= 0.6 is 0 Å². The lowest BCUT2D eigenvalue weighted by atomic mass is 10.9. The van der Waals surface area contributed by atoms with Crippen LogP contribution in [0.1, 0.15) is 34.6 Å². The average molecular weight is 156 g/mol. The molecule has 0 aliphatic heterocycles. The highest BCUT2D eigenvalue weighted by atomic mass is 13.2. The van der Waals surface area contributed by atoms with Gasteiger partial charge in [0, 0.05) is 0 Å². The van der Waals surface area contributed by atoms with Crippen molar-refractivity contribution >= 4 is 0 Å². The van der Waals surface area contributed by atoms with Crippen LogP contribution in [0.5, 0.6) is 0 Å². The van der Waals surface area contributed by atoms with Crippen LogP contribution in [0.3, 0.4) is 0 Å². The van der Waals surface area contributed by atoms with Crippen molar-refractivity contribution in [1.82, 2.24) is 0 Å². The minimum Gasteiger partial charge on any atom is -0.120 e. The molecular weight excluding hydrogens is 132 g/mol. The zero-order valence-corrected chi connectivity index (χ0v) is 8.91. The molecule has 0 bridgehead atoms. The van der Waals surface area contributed by atoms with Crippen LogP contribution in [0.4, 0.5) is 0 Å². The van der Waals surface area contributed by atoms with Crippen LogP contribution in [0.25, 0.3) is 0 Å². The van der Waals surface area contributed by atoms with Gasteiger partial charge in [-0.2, -0.15) is 0 Å². The van der Waals surface area contributed by atoms with E-state index in [0.29, 0.717) is 0 Å². The minimum absolute atomic E-state index is 1.65. The van der Waals surface area contributed by atoms with Crippen molar-refractivity contribution < 1.29 is 0 Å². The summed E-state index contributed by atoms with van der Waals surface area (Å²) in [6, 6.07) is 0. The Kier molecular flexibility index (Phi) is 1070000. The number of hydrogen-bond donors (Lipinski definition) is 0. The molecule has 0 amide bonds. The van der Waals surface area contributed by atoms with Crippen LogP contribution in [-0.2, 0) is 0 Å². The predicted molar refractivity (Wildman–Crippen MR) is 59.7 cm³/mol. The maximum atomic E-state index is 4.60. The van der Waals surface area contributed by atoms with E-state index in [1.165, 1.54) is 0 Å². The Morgan fingerprint density at radius 1 is 0.818 bits per heavy atom. The molecule has 0 aromatic carbocycles. The molecule has 0 saturated heterocycles. The summed E-state index contributed by atoms with van der Waals surface area (Å²) in [5, 5.41) is 0. The topological polar surface area (TPSA) is 0 Å². The summed E-state index contributed by atoms with van der Waals surface area (Å²) in [4.78, 5) is 0. The van der Waals surface area contributed by atoms with E-state index in [1.807, 2.05) is 27.7 Å². The molecule has 68 valence electrons. The van der Waals surface area contributed by atoms with Crippen molar-refractivity contribution in [3.8, 4) is 12.3 Å². The quantitative estimate of drug-likeness (QED) is 0.362. The summed E-state index contributed by atoms with van der Waals surface area (Å²) in [6.45, 7) is 21.7. The Morgan fingerprint density at radius 2 is 0.818 bits per heavy atom. The van der Waals surface area contributed by atoms with E-state index in [-0.39, 0.29) is 0 Å². The van der Waals surface area contributed by atoms with E-state index in [2.05, 4.69) is 38.7 Å². The van der Waals surface area contributed by atoms with Gasteiger partial charge in [0.15, 0.2) is 0 Å². The van der Waals surface area contributed by atoms with Gasteiger partial charge in [0.25, 0.3) is 0 Å². The van der Waals surface area contributed by atoms with E-state index in [0.717, 1.165) is 0 Å². The van der Waals surface area contributed by atoms with E-state index in [9.17, 15) is 0 Å². The molecule has 0 fully saturated rings. The predicted octanol–water partition coefficient (Wildman–Crippen LogP) is 4.30. The molecule has 0 aromatic heterocycles. The van der Waals surface area contributed by atoms with Crippen molar-refractivity contribution in [2.75, 3.05) is 0 Å². The molecule has 0 aliphatic carbocycles. The van der Waals surface area contributed by atoms with Gasteiger partial charge in [0.05, 0.1) is 0 Å². The normalized spacial score (nSPS) is 2.55. The first kappa shape index (κ1) is 32.3. The second-order valence-electron chi connectivity index (χ2n) is 0.289. The lowest BCUT2D eigenvalue weighted by Gasteiger charge is -1.23. The molecule has 0 saturated carbocycles. The third kappa shape index (κ3) is 486. The molecule has 0 nitrogen and oxygen atoms in total. The third-order valence-corrected chi connectivity index (χ3v) is 0. The summed E-state index contributed by atoms with van der Waals surface area (Å²) in [6.07, 6.45) is 4.60. The van der Waals surface area contributed by atoms with Crippen LogP contribution < -0.4 is 0 Å². The third-order valence-electron chi connectivity index (χ3n) is 0. The van der Waals surface area contributed by atoms with E-state index >= 15 is 0 Å². The average Bonchev–Trinajstić information content (AvgIpc) is 2.18. The number of terminal acetylenes is 1. The molecule has 0 N–H and O–H groups in total. The second kappa shape index (κ2) is 365000. The van der Waals surface area contributed by atoms with Gasteiger partial charge in [0.2, 0.25) is 0 Å². The Balaban J connectivity index is -0.0000000139. The number of rotatable bonds is 0. The summed E-state index contributed by atoms with van der Waals surface area (Å²) in [5.74, 6) is 2.25. The highest BCUT2D eigenvalue weighted by Gasteiger charge is 1.09. The zero-order chi connectivity index (χ0) is 10.7. The SMILES string of the molecule is C#CC.C=C.C=C.CC.CC. The summed E-state index contributed by atoms with van der Waals surface area (Å²) in [5.41, 5.74) is 0. The molecule has 0 unspecified atom stereocenters. The van der Waals surface area contributed by atoms with Crippen LogP contribution in [0, 0.1) is 12.3 Å². The lowest BCUT2D eigenvalue weighted by Crippen LogP contribution is -1.10. The van der Waals surface area contributed by atoms with E-state index < -0.39 is 0 Å².